The summed E-state index contributed by atoms with van der Waals surface area (Å²) in [5.41, 5.74) is 0.493. The number of aromatic amines is 1. The maximum absolute atomic E-state index is 14.5. The highest BCUT2D eigenvalue weighted by Crippen LogP contribution is 2.50. The largest absolute Gasteiger partial charge is 0.444 e. The van der Waals surface area contributed by atoms with Crippen molar-refractivity contribution in [3.63, 3.8) is 0 Å². The number of nitrogens with zero attached hydrogens (tertiary/aromatic N) is 2. The minimum Gasteiger partial charge on any atom is -0.444 e. The van der Waals surface area contributed by atoms with Crippen LogP contribution in [-0.2, 0) is 10.3 Å². The van der Waals surface area contributed by atoms with Gasteiger partial charge in [-0.1, -0.05) is 0 Å². The number of carbonyl (C=O) groups is 2. The Labute approximate surface area is 187 Å². The molecule has 2 N–H and O–H groups in total. The summed E-state index contributed by atoms with van der Waals surface area (Å²) < 4.78 is 5.80. The molecule has 2 saturated heterocycles. The molecule has 5 rings (SSSR count). The Hall–Kier alpha value is -3.19. The van der Waals surface area contributed by atoms with Crippen molar-refractivity contribution < 1.29 is 14.3 Å². The van der Waals surface area contributed by atoms with Crippen LogP contribution in [0.25, 0.3) is 10.9 Å². The van der Waals surface area contributed by atoms with Gasteiger partial charge in [-0.15, -0.1) is 0 Å². The van der Waals surface area contributed by atoms with Crippen molar-refractivity contribution in [1.29, 1.82) is 0 Å². The monoisotopic (exact) mass is 432 g/mol. The Morgan fingerprint density at radius 3 is 2.66 bits per heavy atom. The van der Waals surface area contributed by atoms with E-state index >= 15 is 0 Å². The summed E-state index contributed by atoms with van der Waals surface area (Å²) in [5, 5.41) is 4.40. The third-order valence-electron chi connectivity index (χ3n) is 6.62. The third kappa shape index (κ3) is 3.19. The van der Waals surface area contributed by atoms with E-state index in [-0.39, 0.29) is 17.6 Å². The number of amides is 1. The number of nitrogens with one attached hydrogen (secondary N) is 2. The molecule has 3 unspecified atom stereocenters. The number of ether oxygens (including phenoxy) is 1. The molecule has 0 aliphatic carbocycles. The summed E-state index contributed by atoms with van der Waals surface area (Å²) in [6, 6.07) is 11.3. The quantitative estimate of drug-likeness (QED) is 0.616. The second-order valence-electron chi connectivity index (χ2n) is 9.73. The van der Waals surface area contributed by atoms with Gasteiger partial charge in [-0.2, -0.15) is 0 Å². The molecular formula is C25H28N4O3. The maximum Gasteiger partial charge on any atom is 0.411 e. The van der Waals surface area contributed by atoms with Gasteiger partial charge in [-0.05, 0) is 68.7 Å². The van der Waals surface area contributed by atoms with Crippen LogP contribution in [0, 0.1) is 11.8 Å². The molecule has 7 heteroatoms. The molecule has 4 heterocycles. The molecule has 3 atom stereocenters. The number of pyridine rings is 1. The van der Waals surface area contributed by atoms with E-state index < -0.39 is 17.2 Å². The standard InChI is InChI=1S/C25H28N4O3/c1-24(2,3)32-23(31)29-15-18-13-27-14-20(18)25(29,19-7-9-26-10-8-19)22(30)17-4-5-21-16(12-17)6-11-28-21/h4-12,18,20,27-28H,13-15H2,1-3H3. The van der Waals surface area contributed by atoms with Gasteiger partial charge in [0.1, 0.15) is 11.1 Å². The Morgan fingerprint density at radius 1 is 1.12 bits per heavy atom. The summed E-state index contributed by atoms with van der Waals surface area (Å²) in [6.07, 6.45) is 4.77. The summed E-state index contributed by atoms with van der Waals surface area (Å²) >= 11 is 0. The zero-order chi connectivity index (χ0) is 22.5. The molecule has 2 aliphatic heterocycles. The molecule has 2 aromatic heterocycles. The van der Waals surface area contributed by atoms with Crippen LogP contribution < -0.4 is 5.32 Å². The predicted octanol–water partition coefficient (Wildman–Crippen LogP) is 3.73. The fourth-order valence-electron chi connectivity index (χ4n) is 5.34. The van der Waals surface area contributed by atoms with Crippen LogP contribution in [0.2, 0.25) is 0 Å². The molecule has 1 amide bonds. The highest BCUT2D eigenvalue weighted by molar-refractivity contribution is 6.07. The fraction of sp³-hybridized carbons (Fsp3) is 0.400. The molecule has 1 aromatic carbocycles. The van der Waals surface area contributed by atoms with E-state index in [1.165, 1.54) is 0 Å². The smallest absolute Gasteiger partial charge is 0.411 e. The SMILES string of the molecule is CC(C)(C)OC(=O)N1CC2CNCC2C1(C(=O)c1ccc2[nH]ccc2c1)c1ccncc1. The second kappa shape index (κ2) is 7.45. The van der Waals surface area contributed by atoms with Crippen molar-refractivity contribution in [2.75, 3.05) is 19.6 Å². The normalized spacial score (nSPS) is 25.2. The number of carbonyl (C=O) groups excluding carboxylic acids is 2. The Morgan fingerprint density at radius 2 is 1.91 bits per heavy atom. The number of aromatic nitrogens is 2. The number of likely N-dealkylation sites (tertiary alicyclic amines) is 1. The lowest BCUT2D eigenvalue weighted by Crippen LogP contribution is -2.56. The van der Waals surface area contributed by atoms with Crippen molar-refractivity contribution in [3.8, 4) is 0 Å². The first kappa shape index (κ1) is 20.7. The van der Waals surface area contributed by atoms with Gasteiger partial charge in [0.25, 0.3) is 0 Å². The van der Waals surface area contributed by atoms with Crippen molar-refractivity contribution in [1.82, 2.24) is 20.2 Å². The van der Waals surface area contributed by atoms with Gasteiger partial charge in [0.15, 0.2) is 5.78 Å². The lowest BCUT2D eigenvalue weighted by atomic mass is 9.72. The fourth-order valence-corrected chi connectivity index (χ4v) is 5.34. The molecular weight excluding hydrogens is 404 g/mol. The van der Waals surface area contributed by atoms with E-state index in [1.54, 1.807) is 17.3 Å². The Balaban J connectivity index is 1.70. The molecule has 0 bridgehead atoms. The van der Waals surface area contributed by atoms with Crippen LogP contribution in [0.4, 0.5) is 4.79 Å². The predicted molar refractivity (Wildman–Crippen MR) is 121 cm³/mol. The van der Waals surface area contributed by atoms with Gasteiger partial charge in [0.2, 0.25) is 0 Å². The van der Waals surface area contributed by atoms with Crippen molar-refractivity contribution >= 4 is 22.8 Å². The van der Waals surface area contributed by atoms with E-state index in [4.69, 9.17) is 4.74 Å². The molecule has 2 aliphatic rings. The lowest BCUT2D eigenvalue weighted by molar-refractivity contribution is 0.00275. The zero-order valence-corrected chi connectivity index (χ0v) is 18.6. The number of H-pyrrole nitrogens is 1. The molecule has 0 spiro atoms. The van der Waals surface area contributed by atoms with E-state index in [2.05, 4.69) is 15.3 Å². The Bertz CT molecular complexity index is 1170. The van der Waals surface area contributed by atoms with Crippen LogP contribution in [-0.4, -0.2) is 52.0 Å². The van der Waals surface area contributed by atoms with Gasteiger partial charge >= 0.3 is 6.09 Å². The Kier molecular flexibility index (Phi) is 4.82. The number of fused-ring (bicyclic) bond motifs is 2. The van der Waals surface area contributed by atoms with Crippen molar-refractivity contribution in [2.45, 2.75) is 31.9 Å². The van der Waals surface area contributed by atoms with Crippen molar-refractivity contribution in [2.24, 2.45) is 11.8 Å². The van der Waals surface area contributed by atoms with E-state index in [0.717, 1.165) is 23.0 Å². The topological polar surface area (TPSA) is 87.3 Å². The minimum atomic E-state index is -1.16. The van der Waals surface area contributed by atoms with Gasteiger partial charge < -0.3 is 15.0 Å². The summed E-state index contributed by atoms with van der Waals surface area (Å²) in [4.78, 5) is 37.0. The van der Waals surface area contributed by atoms with E-state index in [1.807, 2.05) is 63.4 Å². The first-order valence-electron chi connectivity index (χ1n) is 11.0. The van der Waals surface area contributed by atoms with Gasteiger partial charge in [0.05, 0.1) is 0 Å². The maximum atomic E-state index is 14.5. The molecule has 7 nitrogen and oxygen atoms in total. The summed E-state index contributed by atoms with van der Waals surface area (Å²) in [5.74, 6) is 0.0105. The van der Waals surface area contributed by atoms with Crippen LogP contribution in [0.1, 0.15) is 36.7 Å². The molecule has 0 radical (unpaired) electrons. The molecule has 2 fully saturated rings. The first-order valence-corrected chi connectivity index (χ1v) is 11.0. The second-order valence-corrected chi connectivity index (χ2v) is 9.73. The number of benzene rings is 1. The van der Waals surface area contributed by atoms with Gasteiger partial charge in [-0.3, -0.25) is 14.7 Å². The number of hydrogen-bond acceptors (Lipinski definition) is 5. The molecule has 3 aromatic rings. The third-order valence-corrected chi connectivity index (χ3v) is 6.62. The average molecular weight is 433 g/mol. The minimum absolute atomic E-state index is 0.0631. The van der Waals surface area contributed by atoms with Gasteiger partial charge in [-0.25, -0.2) is 4.79 Å². The molecule has 32 heavy (non-hydrogen) atoms. The van der Waals surface area contributed by atoms with Gasteiger partial charge in [0, 0.05) is 60.6 Å². The van der Waals surface area contributed by atoms with Crippen LogP contribution in [0.3, 0.4) is 0 Å². The van der Waals surface area contributed by atoms with Crippen LogP contribution in [0.5, 0.6) is 0 Å². The number of hydrogen-bond donors (Lipinski definition) is 2. The van der Waals surface area contributed by atoms with Crippen LogP contribution >= 0.6 is 0 Å². The summed E-state index contributed by atoms with van der Waals surface area (Å²) in [7, 11) is 0. The number of Topliss-reactive ketones (excluding diaryl/α,β-unsaturated/α-hetero) is 1. The highest BCUT2D eigenvalue weighted by atomic mass is 16.6. The van der Waals surface area contributed by atoms with E-state index in [9.17, 15) is 9.59 Å². The lowest BCUT2D eigenvalue weighted by Gasteiger charge is -2.41. The van der Waals surface area contributed by atoms with Crippen LogP contribution in [0.15, 0.2) is 55.0 Å². The number of rotatable bonds is 3. The summed E-state index contributed by atoms with van der Waals surface area (Å²) in [6.45, 7) is 7.43. The first-order chi connectivity index (χ1) is 15.3. The number of ketones is 1. The zero-order valence-electron chi connectivity index (χ0n) is 18.6. The highest BCUT2D eigenvalue weighted by Gasteiger charge is 2.62. The van der Waals surface area contributed by atoms with E-state index in [0.29, 0.717) is 18.7 Å². The molecule has 0 saturated carbocycles. The van der Waals surface area contributed by atoms with Crippen molar-refractivity contribution in [3.05, 3.63) is 66.1 Å². The average Bonchev–Trinajstić information content (AvgIpc) is 3.47. The molecule has 166 valence electrons.